The van der Waals surface area contributed by atoms with Gasteiger partial charge in [0.15, 0.2) is 5.43 Å². The van der Waals surface area contributed by atoms with Crippen LogP contribution >= 0.6 is 11.6 Å². The monoisotopic (exact) mass is 316 g/mol. The van der Waals surface area contributed by atoms with Crippen LogP contribution in [0.4, 0.5) is 0 Å². The lowest BCUT2D eigenvalue weighted by Gasteiger charge is -2.25. The van der Waals surface area contributed by atoms with Crippen molar-refractivity contribution in [2.45, 2.75) is 38.1 Å². The van der Waals surface area contributed by atoms with E-state index in [1.807, 2.05) is 29.9 Å². The lowest BCUT2D eigenvalue weighted by Crippen LogP contribution is -2.31. The molecule has 0 spiro atoms. The molecule has 1 aliphatic carbocycles. The van der Waals surface area contributed by atoms with E-state index in [1.165, 1.54) is 19.3 Å². The number of halogens is 1. The summed E-state index contributed by atoms with van der Waals surface area (Å²) in [6.07, 6.45) is 7.93. The van der Waals surface area contributed by atoms with E-state index >= 15 is 0 Å². The van der Waals surface area contributed by atoms with E-state index in [-0.39, 0.29) is 5.43 Å². The predicted molar refractivity (Wildman–Crippen MR) is 93.2 cm³/mol. The Balaban J connectivity index is 1.98. The lowest BCUT2D eigenvalue weighted by atomic mass is 9.95. The number of nitrogens with one attached hydrogen (secondary N) is 1. The van der Waals surface area contributed by atoms with Crippen LogP contribution in [0, 0.1) is 0 Å². The van der Waals surface area contributed by atoms with Gasteiger partial charge in [-0.2, -0.15) is 0 Å². The number of fused-ring (bicyclic) bond motifs is 1. The van der Waals surface area contributed by atoms with Crippen molar-refractivity contribution in [2.24, 2.45) is 7.05 Å². The molecule has 1 aromatic carbocycles. The fraction of sp³-hybridized carbons (Fsp3) is 0.389. The minimum Gasteiger partial charge on any atom is -0.382 e. The molecule has 3 rings (SSSR count). The maximum atomic E-state index is 12.7. The summed E-state index contributed by atoms with van der Waals surface area (Å²) in [7, 11) is 1.91. The van der Waals surface area contributed by atoms with Gasteiger partial charge >= 0.3 is 0 Å². The highest BCUT2D eigenvalue weighted by Gasteiger charge is 2.17. The van der Waals surface area contributed by atoms with E-state index in [1.54, 1.807) is 6.07 Å². The summed E-state index contributed by atoms with van der Waals surface area (Å²) in [6, 6.07) is 5.87. The normalized spacial score (nSPS) is 15.9. The predicted octanol–water partition coefficient (Wildman–Crippen LogP) is 4.08. The van der Waals surface area contributed by atoms with Crippen LogP contribution in [0.2, 0.25) is 5.02 Å². The molecule has 0 aliphatic heterocycles. The molecule has 0 saturated heterocycles. The number of para-hydroxylation sites is 1. The Morgan fingerprint density at radius 3 is 2.77 bits per heavy atom. The van der Waals surface area contributed by atoms with E-state index in [4.69, 9.17) is 11.6 Å². The molecule has 2 aromatic rings. The quantitative estimate of drug-likeness (QED) is 0.925. The van der Waals surface area contributed by atoms with Crippen LogP contribution in [0.5, 0.6) is 0 Å². The van der Waals surface area contributed by atoms with E-state index in [2.05, 4.69) is 11.9 Å². The van der Waals surface area contributed by atoms with Gasteiger partial charge in [0.1, 0.15) is 0 Å². The first-order valence-electron chi connectivity index (χ1n) is 7.81. The molecular weight excluding hydrogens is 296 g/mol. The van der Waals surface area contributed by atoms with E-state index in [9.17, 15) is 4.79 Å². The van der Waals surface area contributed by atoms with Gasteiger partial charge in [-0.1, -0.05) is 43.5 Å². The number of aryl methyl sites for hydroxylation is 1. The van der Waals surface area contributed by atoms with E-state index in [0.29, 0.717) is 22.0 Å². The first-order valence-corrected chi connectivity index (χ1v) is 8.19. The smallest absolute Gasteiger partial charge is 0.198 e. The van der Waals surface area contributed by atoms with Gasteiger partial charge in [0.05, 0.1) is 16.1 Å². The summed E-state index contributed by atoms with van der Waals surface area (Å²) < 4.78 is 1.90. The number of nitrogens with zero attached hydrogens (tertiary/aromatic N) is 1. The number of hydrogen-bond acceptors (Lipinski definition) is 2. The highest BCUT2D eigenvalue weighted by molar-refractivity contribution is 6.35. The van der Waals surface area contributed by atoms with Gasteiger partial charge in [-0.05, 0) is 25.0 Å². The van der Waals surface area contributed by atoms with E-state index in [0.717, 1.165) is 24.1 Å². The largest absolute Gasteiger partial charge is 0.382 e. The van der Waals surface area contributed by atoms with Crippen molar-refractivity contribution in [3.8, 4) is 0 Å². The van der Waals surface area contributed by atoms with Crippen molar-refractivity contribution in [1.29, 1.82) is 0 Å². The minimum atomic E-state index is -0.0103. The number of aromatic nitrogens is 1. The van der Waals surface area contributed by atoms with Crippen LogP contribution in [-0.2, 0) is 7.05 Å². The van der Waals surface area contributed by atoms with Crippen molar-refractivity contribution in [3.05, 3.63) is 51.8 Å². The molecule has 0 unspecified atom stereocenters. The van der Waals surface area contributed by atoms with Crippen LogP contribution in [0.1, 0.15) is 37.7 Å². The Morgan fingerprint density at radius 1 is 1.32 bits per heavy atom. The van der Waals surface area contributed by atoms with Crippen molar-refractivity contribution in [3.63, 3.8) is 0 Å². The Hall–Kier alpha value is -1.74. The number of benzene rings is 1. The highest BCUT2D eigenvalue weighted by Crippen LogP contribution is 2.23. The van der Waals surface area contributed by atoms with Crippen LogP contribution in [0.15, 0.2) is 35.8 Å². The fourth-order valence-corrected chi connectivity index (χ4v) is 3.61. The third-order valence-corrected chi connectivity index (χ3v) is 4.77. The van der Waals surface area contributed by atoms with Crippen molar-refractivity contribution in [1.82, 2.24) is 9.88 Å². The maximum Gasteiger partial charge on any atom is 0.198 e. The van der Waals surface area contributed by atoms with Crippen LogP contribution < -0.4 is 10.7 Å². The van der Waals surface area contributed by atoms with E-state index < -0.39 is 0 Å². The Bertz CT molecular complexity index is 772. The zero-order valence-electron chi connectivity index (χ0n) is 12.9. The van der Waals surface area contributed by atoms with Crippen LogP contribution in [0.25, 0.3) is 16.6 Å². The zero-order chi connectivity index (χ0) is 15.7. The van der Waals surface area contributed by atoms with Crippen LogP contribution in [-0.4, -0.2) is 10.6 Å². The second-order valence-electron chi connectivity index (χ2n) is 6.08. The van der Waals surface area contributed by atoms with Gasteiger partial charge in [-0.3, -0.25) is 4.79 Å². The average Bonchev–Trinajstić information content (AvgIpc) is 2.51. The molecule has 0 amide bonds. The summed E-state index contributed by atoms with van der Waals surface area (Å²) in [5.41, 5.74) is 2.10. The first kappa shape index (κ1) is 15.2. The average molecular weight is 317 g/mol. The zero-order valence-corrected chi connectivity index (χ0v) is 13.6. The third kappa shape index (κ3) is 2.78. The molecule has 3 nitrogen and oxygen atoms in total. The second kappa shape index (κ2) is 6.17. The summed E-state index contributed by atoms with van der Waals surface area (Å²) in [6.45, 7) is 4.09. The Kier molecular flexibility index (Phi) is 4.25. The Morgan fingerprint density at radius 2 is 2.05 bits per heavy atom. The molecule has 1 heterocycles. The van der Waals surface area contributed by atoms with Crippen molar-refractivity contribution >= 4 is 28.2 Å². The van der Waals surface area contributed by atoms with Gasteiger partial charge in [0.2, 0.25) is 0 Å². The first-order chi connectivity index (χ1) is 10.6. The lowest BCUT2D eigenvalue weighted by molar-refractivity contribution is 0.409. The molecule has 1 aromatic heterocycles. The molecule has 0 radical (unpaired) electrons. The molecule has 1 N–H and O–H groups in total. The summed E-state index contributed by atoms with van der Waals surface area (Å²) in [5, 5.41) is 4.67. The second-order valence-corrected chi connectivity index (χ2v) is 6.48. The van der Waals surface area contributed by atoms with Crippen molar-refractivity contribution in [2.75, 3.05) is 0 Å². The number of hydrogen-bond donors (Lipinski definition) is 1. The molecule has 1 fully saturated rings. The standard InChI is InChI=1S/C18H21ClN2O/c1-12(20-13-7-4-3-5-8-13)15-11-21(2)17-14(18(15)22)9-6-10-16(17)19/h6,9-11,13,20H,1,3-5,7-8H2,2H3. The summed E-state index contributed by atoms with van der Waals surface area (Å²) in [5.74, 6) is 0. The van der Waals surface area contributed by atoms with Gasteiger partial charge in [0, 0.05) is 30.4 Å². The fourth-order valence-electron chi connectivity index (χ4n) is 3.30. The third-order valence-electron chi connectivity index (χ3n) is 4.46. The van der Waals surface area contributed by atoms with Gasteiger partial charge in [-0.15, -0.1) is 0 Å². The molecule has 0 atom stereocenters. The molecular formula is C18H21ClN2O. The molecule has 1 aliphatic rings. The SMILES string of the molecule is C=C(NC1CCCCC1)c1cn(C)c2c(Cl)cccc2c1=O. The topological polar surface area (TPSA) is 34.0 Å². The number of pyridine rings is 1. The molecule has 1 saturated carbocycles. The van der Waals surface area contributed by atoms with Gasteiger partial charge in [0.25, 0.3) is 0 Å². The molecule has 116 valence electrons. The van der Waals surface area contributed by atoms with Gasteiger partial charge in [-0.25, -0.2) is 0 Å². The van der Waals surface area contributed by atoms with Crippen molar-refractivity contribution < 1.29 is 0 Å². The molecule has 22 heavy (non-hydrogen) atoms. The minimum absolute atomic E-state index is 0.0103. The molecule has 4 heteroatoms. The highest BCUT2D eigenvalue weighted by atomic mass is 35.5. The Labute approximate surface area is 135 Å². The summed E-state index contributed by atoms with van der Waals surface area (Å²) in [4.78, 5) is 12.7. The molecule has 0 bridgehead atoms. The van der Waals surface area contributed by atoms with Gasteiger partial charge < -0.3 is 9.88 Å². The number of rotatable bonds is 3. The maximum absolute atomic E-state index is 12.7. The van der Waals surface area contributed by atoms with Crippen LogP contribution in [0.3, 0.4) is 0 Å². The summed E-state index contributed by atoms with van der Waals surface area (Å²) >= 11 is 6.22.